The minimum atomic E-state index is -1.00. The van der Waals surface area contributed by atoms with Gasteiger partial charge in [0, 0.05) is 43.0 Å². The maximum absolute atomic E-state index is 13.6. The molecule has 9 heteroatoms. The smallest absolute Gasteiger partial charge is 0.338 e. The number of hydrogen-bond acceptors (Lipinski definition) is 6. The Kier molecular flexibility index (Phi) is 5.24. The van der Waals surface area contributed by atoms with Gasteiger partial charge in [-0.2, -0.15) is 4.48 Å². The number of likely N-dealkylation sites (tertiary alicyclic amines) is 1. The van der Waals surface area contributed by atoms with Gasteiger partial charge in [0.1, 0.15) is 11.8 Å². The first-order valence-electron chi connectivity index (χ1n) is 9.60. The molecule has 28 heavy (non-hydrogen) atoms. The van der Waals surface area contributed by atoms with Gasteiger partial charge in [-0.3, -0.25) is 9.59 Å². The van der Waals surface area contributed by atoms with Gasteiger partial charge in [-0.05, 0) is 6.42 Å². The van der Waals surface area contributed by atoms with Crippen LogP contribution in [-0.2, 0) is 25.6 Å². The fraction of sp³-hybridized carbons (Fsp3) is 0.632. The Labute approximate surface area is 163 Å². The van der Waals surface area contributed by atoms with Gasteiger partial charge in [-0.15, -0.1) is 0 Å². The van der Waals surface area contributed by atoms with Crippen LogP contribution >= 0.6 is 0 Å². The van der Waals surface area contributed by atoms with E-state index >= 15 is 0 Å². The molecular formula is C19H28N5O4+. The van der Waals surface area contributed by atoms with Gasteiger partial charge >= 0.3 is 11.8 Å². The normalized spacial score (nSPS) is 30.3. The molecule has 0 bridgehead atoms. The van der Waals surface area contributed by atoms with Crippen LogP contribution in [-0.4, -0.2) is 56.6 Å². The highest BCUT2D eigenvalue weighted by molar-refractivity contribution is 5.96. The van der Waals surface area contributed by atoms with Crippen molar-refractivity contribution in [1.29, 1.82) is 0 Å². The number of nitrogens with one attached hydrogen (secondary N) is 1. The number of quaternary nitrogens is 1. The number of imidazole rings is 1. The van der Waals surface area contributed by atoms with Crippen molar-refractivity contribution in [1.82, 2.24) is 9.97 Å². The molecule has 1 unspecified atom stereocenters. The molecule has 1 aromatic rings. The second-order valence-electron chi connectivity index (χ2n) is 8.68. The topological polar surface area (TPSA) is 149 Å². The highest BCUT2D eigenvalue weighted by Gasteiger charge is 2.66. The Morgan fingerprint density at radius 3 is 2.64 bits per heavy atom. The average molecular weight is 390 g/mol. The van der Waals surface area contributed by atoms with Crippen LogP contribution in [0.25, 0.3) is 0 Å². The number of nitrogens with two attached hydrogens (primary N) is 2. The van der Waals surface area contributed by atoms with Crippen molar-refractivity contribution in [2.45, 2.75) is 58.0 Å². The van der Waals surface area contributed by atoms with Crippen molar-refractivity contribution >= 4 is 23.5 Å². The molecule has 152 valence electrons. The molecule has 1 saturated carbocycles. The molecule has 2 aliphatic rings. The summed E-state index contributed by atoms with van der Waals surface area (Å²) in [6.45, 7) is 3.84. The van der Waals surface area contributed by atoms with Crippen LogP contribution in [0.2, 0.25) is 0 Å². The molecule has 9 nitrogen and oxygen atoms in total. The maximum Gasteiger partial charge on any atom is 0.338 e. The quantitative estimate of drug-likeness (QED) is 0.593. The fourth-order valence-electron chi connectivity index (χ4n) is 4.88. The molecule has 0 radical (unpaired) electrons. The van der Waals surface area contributed by atoms with Crippen LogP contribution in [0.15, 0.2) is 12.5 Å². The van der Waals surface area contributed by atoms with Crippen LogP contribution in [0.4, 0.5) is 0 Å². The predicted molar refractivity (Wildman–Crippen MR) is 99.1 cm³/mol. The minimum absolute atomic E-state index is 0.000195. The SMILES string of the molecule is CC1(C)CC[N+](C(=O)[C@@H]2CCC(=O)C2)(C(=O)[C@@H](N)Cc2cnc[nH]2)[C@@H]1C(N)=O. The number of ketones is 1. The summed E-state index contributed by atoms with van der Waals surface area (Å²) < 4.78 is -0.685. The molecule has 1 saturated heterocycles. The van der Waals surface area contributed by atoms with E-state index in [-0.39, 0.29) is 25.2 Å². The zero-order chi connectivity index (χ0) is 20.7. The lowest BCUT2D eigenvalue weighted by molar-refractivity contribution is -0.788. The van der Waals surface area contributed by atoms with Gasteiger partial charge in [-0.25, -0.2) is 14.6 Å². The van der Waals surface area contributed by atoms with Gasteiger partial charge in [-0.1, -0.05) is 13.8 Å². The maximum atomic E-state index is 13.6. The summed E-state index contributed by atoms with van der Waals surface area (Å²) >= 11 is 0. The van der Waals surface area contributed by atoms with E-state index in [2.05, 4.69) is 9.97 Å². The Hall–Kier alpha value is -2.39. The summed E-state index contributed by atoms with van der Waals surface area (Å²) in [7, 11) is 0. The summed E-state index contributed by atoms with van der Waals surface area (Å²) in [5.41, 5.74) is 11.9. The summed E-state index contributed by atoms with van der Waals surface area (Å²) in [5.74, 6) is -2.19. The number of hydrogen-bond donors (Lipinski definition) is 3. The van der Waals surface area contributed by atoms with Crippen LogP contribution < -0.4 is 11.5 Å². The van der Waals surface area contributed by atoms with Gasteiger partial charge in [0.05, 0.1) is 18.8 Å². The van der Waals surface area contributed by atoms with Crippen LogP contribution in [0, 0.1) is 11.3 Å². The van der Waals surface area contributed by atoms with Crippen molar-refractivity contribution in [2.24, 2.45) is 22.8 Å². The summed E-state index contributed by atoms with van der Waals surface area (Å²) in [6, 6.07) is -2.01. The van der Waals surface area contributed by atoms with Crippen molar-refractivity contribution in [2.75, 3.05) is 6.54 Å². The Balaban J connectivity index is 2.01. The standard InChI is InChI=1S/C19H27N5O4/c1-19(2)5-6-24(15(19)16(21)26,17(27)11-3-4-13(25)7-11)18(28)14(20)8-12-9-22-10-23-12/h9-11,14-15H,3-8,20H2,1-2H3,(H2-,21,22,23,26)/p+1/t11-,14+,15-,24?/m1/s1. The highest BCUT2D eigenvalue weighted by Crippen LogP contribution is 2.44. The number of carbonyl (C=O) groups excluding carboxylic acids is 4. The highest BCUT2D eigenvalue weighted by atomic mass is 16.2. The number of primary amides is 1. The number of imide groups is 1. The molecule has 1 aliphatic carbocycles. The van der Waals surface area contributed by atoms with E-state index in [1.165, 1.54) is 6.33 Å². The predicted octanol–water partition coefficient (Wildman–Crippen LogP) is -0.197. The van der Waals surface area contributed by atoms with Crippen molar-refractivity contribution in [3.63, 3.8) is 0 Å². The number of aromatic amines is 1. The molecule has 3 amide bonds. The second-order valence-corrected chi connectivity index (χ2v) is 8.68. The van der Waals surface area contributed by atoms with Gasteiger partial charge in [0.15, 0.2) is 6.04 Å². The number of Topliss-reactive ketones (excluding diaryl/α,β-unsaturated/α-hetero) is 1. The van der Waals surface area contributed by atoms with E-state index in [1.807, 2.05) is 13.8 Å². The third-order valence-electron chi connectivity index (χ3n) is 6.25. The molecule has 0 aromatic carbocycles. The number of H-pyrrole nitrogens is 1. The van der Waals surface area contributed by atoms with E-state index in [0.717, 1.165) is 0 Å². The molecule has 1 aliphatic heterocycles. The first-order valence-corrected chi connectivity index (χ1v) is 9.60. The summed E-state index contributed by atoms with van der Waals surface area (Å²) in [5, 5.41) is 0. The molecule has 5 N–H and O–H groups in total. The first-order chi connectivity index (χ1) is 13.1. The fourth-order valence-corrected chi connectivity index (χ4v) is 4.88. The molecule has 2 fully saturated rings. The molecule has 0 spiro atoms. The second kappa shape index (κ2) is 7.21. The molecule has 2 heterocycles. The summed E-state index contributed by atoms with van der Waals surface area (Å²) in [6.07, 6.45) is 4.51. The average Bonchev–Trinajstić information content (AvgIpc) is 3.33. The number of nitrogens with zero attached hydrogens (tertiary/aromatic N) is 2. The zero-order valence-corrected chi connectivity index (χ0v) is 16.3. The lowest BCUT2D eigenvalue weighted by Crippen LogP contribution is -2.70. The molecular weight excluding hydrogens is 362 g/mol. The van der Waals surface area contributed by atoms with E-state index in [0.29, 0.717) is 25.0 Å². The zero-order valence-electron chi connectivity index (χ0n) is 16.3. The van der Waals surface area contributed by atoms with Crippen molar-refractivity contribution in [3.8, 4) is 0 Å². The van der Waals surface area contributed by atoms with E-state index in [9.17, 15) is 19.2 Å². The van der Waals surface area contributed by atoms with Crippen molar-refractivity contribution < 1.29 is 23.7 Å². The Morgan fingerprint density at radius 2 is 2.11 bits per heavy atom. The first kappa shape index (κ1) is 20.3. The summed E-state index contributed by atoms with van der Waals surface area (Å²) in [4.78, 5) is 58.2. The largest absolute Gasteiger partial charge is 0.364 e. The van der Waals surface area contributed by atoms with Gasteiger partial charge in [0.2, 0.25) is 0 Å². The Bertz CT molecular complexity index is 803. The minimum Gasteiger partial charge on any atom is -0.364 e. The molecule has 1 aromatic heterocycles. The molecule has 3 rings (SSSR count). The van der Waals surface area contributed by atoms with Crippen molar-refractivity contribution in [3.05, 3.63) is 18.2 Å². The lowest BCUT2D eigenvalue weighted by Gasteiger charge is -2.39. The lowest BCUT2D eigenvalue weighted by atomic mass is 9.83. The Morgan fingerprint density at radius 1 is 1.39 bits per heavy atom. The van der Waals surface area contributed by atoms with Crippen LogP contribution in [0.5, 0.6) is 0 Å². The number of rotatable bonds is 5. The molecule has 4 atom stereocenters. The number of amides is 3. The van der Waals surface area contributed by atoms with Gasteiger partial charge < -0.3 is 16.5 Å². The van der Waals surface area contributed by atoms with Crippen LogP contribution in [0.1, 0.15) is 45.2 Å². The van der Waals surface area contributed by atoms with E-state index in [1.54, 1.807) is 6.20 Å². The van der Waals surface area contributed by atoms with Crippen LogP contribution in [0.3, 0.4) is 0 Å². The third kappa shape index (κ3) is 3.29. The van der Waals surface area contributed by atoms with Gasteiger partial charge in [0.25, 0.3) is 5.91 Å². The van der Waals surface area contributed by atoms with E-state index < -0.39 is 45.6 Å². The van der Waals surface area contributed by atoms with E-state index in [4.69, 9.17) is 11.5 Å². The number of aromatic nitrogens is 2. The third-order valence-corrected chi connectivity index (χ3v) is 6.25. The number of carbonyl (C=O) groups is 4. The monoisotopic (exact) mass is 390 g/mol.